The number of halogens is 2. The van der Waals surface area contributed by atoms with Gasteiger partial charge in [-0.15, -0.1) is 11.6 Å². The van der Waals surface area contributed by atoms with Crippen molar-refractivity contribution in [3.8, 4) is 5.75 Å². The molecular formula is C24H33ClFN4O8P. The van der Waals surface area contributed by atoms with Gasteiger partial charge in [0, 0.05) is 6.20 Å². The lowest BCUT2D eigenvalue weighted by Gasteiger charge is -2.36. The molecule has 216 valence electrons. The zero-order valence-corrected chi connectivity index (χ0v) is 23.8. The van der Waals surface area contributed by atoms with Crippen LogP contribution in [0.5, 0.6) is 5.75 Å². The first kappa shape index (κ1) is 31.0. The van der Waals surface area contributed by atoms with Gasteiger partial charge >= 0.3 is 19.4 Å². The van der Waals surface area contributed by atoms with Crippen LogP contribution in [0.3, 0.4) is 0 Å². The van der Waals surface area contributed by atoms with Gasteiger partial charge in [-0.3, -0.25) is 13.9 Å². The molecule has 1 aliphatic rings. The Morgan fingerprint density at radius 3 is 2.54 bits per heavy atom. The van der Waals surface area contributed by atoms with Crippen molar-refractivity contribution in [2.75, 3.05) is 12.4 Å². The highest BCUT2D eigenvalue weighted by Crippen LogP contribution is 2.53. The van der Waals surface area contributed by atoms with Gasteiger partial charge in [0.15, 0.2) is 6.23 Å². The zero-order chi connectivity index (χ0) is 29.2. The molecule has 3 rings (SSSR count). The second-order valence-corrected chi connectivity index (χ2v) is 12.2. The molecular weight excluding hydrogens is 558 g/mol. The third kappa shape index (κ3) is 6.97. The number of benzene rings is 1. The molecule has 39 heavy (non-hydrogen) atoms. The van der Waals surface area contributed by atoms with Crippen molar-refractivity contribution in [2.45, 2.75) is 75.7 Å². The van der Waals surface area contributed by atoms with Crippen LogP contribution < -0.4 is 21.0 Å². The summed E-state index contributed by atoms with van der Waals surface area (Å²) in [7, 11) is -4.43. The molecule has 4 N–H and O–H groups in total. The average molecular weight is 591 g/mol. The lowest BCUT2D eigenvalue weighted by Crippen LogP contribution is -2.51. The van der Waals surface area contributed by atoms with E-state index in [-0.39, 0.29) is 11.6 Å². The van der Waals surface area contributed by atoms with Gasteiger partial charge in [0.1, 0.15) is 47.0 Å². The molecule has 1 fully saturated rings. The van der Waals surface area contributed by atoms with Crippen LogP contribution in [-0.2, 0) is 23.4 Å². The predicted molar refractivity (Wildman–Crippen MR) is 141 cm³/mol. The van der Waals surface area contributed by atoms with Crippen molar-refractivity contribution in [3.63, 3.8) is 0 Å². The van der Waals surface area contributed by atoms with Crippen LogP contribution in [0.4, 0.5) is 10.2 Å². The minimum absolute atomic E-state index is 0.0781. The summed E-state index contributed by atoms with van der Waals surface area (Å²) in [4.78, 5) is 26.4. The van der Waals surface area contributed by atoms with Crippen LogP contribution in [-0.4, -0.2) is 62.1 Å². The van der Waals surface area contributed by atoms with Gasteiger partial charge in [-0.25, -0.2) is 13.8 Å². The molecule has 0 radical (unpaired) electrons. The number of para-hydroxylation sites is 1. The fourth-order valence-electron chi connectivity index (χ4n) is 3.99. The second kappa shape index (κ2) is 11.9. The number of carbonyl (C=O) groups excluding carboxylic acids is 1. The van der Waals surface area contributed by atoms with Crippen LogP contribution in [0, 0.1) is 0 Å². The molecule has 0 amide bonds. The van der Waals surface area contributed by atoms with Crippen molar-refractivity contribution in [2.24, 2.45) is 0 Å². The van der Waals surface area contributed by atoms with E-state index in [9.17, 15) is 23.7 Å². The van der Waals surface area contributed by atoms with E-state index >= 15 is 0 Å². The molecule has 1 saturated heterocycles. The first-order valence-electron chi connectivity index (χ1n) is 12.1. The SMILES string of the molecule is CC(C)OC(=O)[C@H](C)N[P@](=O)(Oc1ccccc1)OC(C)(C)[C@H]1O[C@@H](n2ccc(N)nc2=O)[C@@](Cl)(CF)C1O. The first-order chi connectivity index (χ1) is 18.1. The number of nitrogens with one attached hydrogen (secondary N) is 1. The summed E-state index contributed by atoms with van der Waals surface area (Å²) in [5, 5.41) is 13.7. The first-order valence-corrected chi connectivity index (χ1v) is 14.0. The number of rotatable bonds is 11. The van der Waals surface area contributed by atoms with Crippen molar-refractivity contribution >= 4 is 31.1 Å². The Balaban J connectivity index is 1.95. The van der Waals surface area contributed by atoms with Crippen LogP contribution in [0.25, 0.3) is 0 Å². The Morgan fingerprint density at radius 2 is 1.97 bits per heavy atom. The number of alkyl halides is 2. The molecule has 0 aliphatic carbocycles. The van der Waals surface area contributed by atoms with Crippen LogP contribution in [0.1, 0.15) is 40.8 Å². The molecule has 0 bridgehead atoms. The number of carbonyl (C=O) groups is 1. The molecule has 2 aromatic rings. The molecule has 1 aliphatic heterocycles. The van der Waals surface area contributed by atoms with Crippen molar-refractivity contribution in [1.82, 2.24) is 14.6 Å². The highest BCUT2D eigenvalue weighted by molar-refractivity contribution is 7.52. The van der Waals surface area contributed by atoms with Gasteiger partial charge < -0.3 is 24.8 Å². The number of hydrogen-bond acceptors (Lipinski definition) is 10. The van der Waals surface area contributed by atoms with Crippen molar-refractivity contribution < 1.29 is 37.4 Å². The number of aromatic nitrogens is 2. The van der Waals surface area contributed by atoms with Crippen LogP contribution in [0.2, 0.25) is 0 Å². The average Bonchev–Trinajstić information content (AvgIpc) is 3.10. The Morgan fingerprint density at radius 1 is 1.33 bits per heavy atom. The standard InChI is InChI=1S/C24H33ClFN4O8P/c1-14(2)35-20(32)15(3)29-39(34,37-16-9-7-6-8-10-16)38-23(4,5)19-18(31)24(25,13-26)21(36-19)30-12-11-17(27)28-22(30)33/h6-12,14-15,18-19,21,31H,13H2,1-5H3,(H,29,34)(H2,27,28,33)/t15-,18?,19-,21+,24+,39-/m0/s1. The van der Waals surface area contributed by atoms with E-state index in [0.29, 0.717) is 0 Å². The predicted octanol–water partition coefficient (Wildman–Crippen LogP) is 2.94. The number of esters is 1. The second-order valence-electron chi connectivity index (χ2n) is 9.89. The molecule has 12 nitrogen and oxygen atoms in total. The van der Waals surface area contributed by atoms with Gasteiger partial charge in [0.2, 0.25) is 0 Å². The van der Waals surface area contributed by atoms with Crippen LogP contribution in [0.15, 0.2) is 47.4 Å². The number of nitrogens with zero attached hydrogens (tertiary/aromatic N) is 2. The molecule has 6 atom stereocenters. The highest BCUT2D eigenvalue weighted by Gasteiger charge is 2.62. The minimum atomic E-state index is -4.43. The van der Waals surface area contributed by atoms with Crippen LogP contribution >= 0.6 is 19.3 Å². The van der Waals surface area contributed by atoms with Gasteiger partial charge in [0.05, 0.1) is 6.10 Å². The van der Waals surface area contributed by atoms with Gasteiger partial charge in [-0.1, -0.05) is 18.2 Å². The van der Waals surface area contributed by atoms with E-state index in [1.165, 1.54) is 45.2 Å². The van der Waals surface area contributed by atoms with Crippen molar-refractivity contribution in [1.29, 1.82) is 0 Å². The van der Waals surface area contributed by atoms with Gasteiger partial charge in [-0.05, 0) is 52.8 Å². The number of ether oxygens (including phenoxy) is 2. The largest absolute Gasteiger partial charge is 0.462 e. The van der Waals surface area contributed by atoms with E-state index in [1.807, 2.05) is 0 Å². The molecule has 15 heteroatoms. The fraction of sp³-hybridized carbons (Fsp3) is 0.542. The number of aliphatic hydroxyl groups is 1. The molecule has 2 heterocycles. The maximum absolute atomic E-state index is 14.3. The maximum atomic E-state index is 14.3. The molecule has 1 aromatic heterocycles. The smallest absolute Gasteiger partial charge is 0.460 e. The Bertz CT molecular complexity index is 1270. The Kier molecular flexibility index (Phi) is 9.47. The lowest BCUT2D eigenvalue weighted by atomic mass is 9.91. The number of aliphatic hydroxyl groups excluding tert-OH is 1. The molecule has 0 saturated carbocycles. The fourth-order valence-corrected chi connectivity index (χ4v) is 6.11. The molecule has 1 unspecified atom stereocenters. The number of hydrogen-bond donors (Lipinski definition) is 3. The normalized spacial score (nSPS) is 25.7. The Hall–Kier alpha value is -2.54. The van der Waals surface area contributed by atoms with Gasteiger partial charge in [0.25, 0.3) is 0 Å². The van der Waals surface area contributed by atoms with E-state index in [0.717, 1.165) is 4.57 Å². The lowest BCUT2D eigenvalue weighted by molar-refractivity contribution is -0.149. The maximum Gasteiger partial charge on any atom is 0.460 e. The monoisotopic (exact) mass is 590 g/mol. The summed E-state index contributed by atoms with van der Waals surface area (Å²) < 4.78 is 51.9. The summed E-state index contributed by atoms with van der Waals surface area (Å²) in [6, 6.07) is 8.17. The van der Waals surface area contributed by atoms with E-state index in [2.05, 4.69) is 10.1 Å². The Labute approximate surface area is 230 Å². The quantitative estimate of drug-likeness (QED) is 0.200. The molecule has 1 aromatic carbocycles. The topological polar surface area (TPSA) is 164 Å². The third-order valence-corrected chi connectivity index (χ3v) is 8.22. The molecule has 0 spiro atoms. The van der Waals surface area contributed by atoms with E-state index in [4.69, 9.17) is 35.9 Å². The summed E-state index contributed by atoms with van der Waals surface area (Å²) >= 11 is 6.49. The minimum Gasteiger partial charge on any atom is -0.462 e. The number of anilines is 1. The highest BCUT2D eigenvalue weighted by atomic mass is 35.5. The summed E-state index contributed by atoms with van der Waals surface area (Å²) in [6.07, 6.45) is -3.96. The van der Waals surface area contributed by atoms with Gasteiger partial charge in [-0.2, -0.15) is 10.1 Å². The number of nitrogen functional groups attached to an aromatic ring is 1. The summed E-state index contributed by atoms with van der Waals surface area (Å²) in [5.41, 5.74) is 2.96. The van der Waals surface area contributed by atoms with E-state index in [1.54, 1.807) is 32.0 Å². The number of nitrogens with two attached hydrogens (primary N) is 1. The zero-order valence-electron chi connectivity index (χ0n) is 22.1. The summed E-state index contributed by atoms with van der Waals surface area (Å²) in [6.45, 7) is 6.23. The van der Waals surface area contributed by atoms with E-state index < -0.39 is 67.1 Å². The summed E-state index contributed by atoms with van der Waals surface area (Å²) in [5.74, 6) is -0.646. The van der Waals surface area contributed by atoms with Crippen molar-refractivity contribution in [3.05, 3.63) is 53.1 Å². The third-order valence-electron chi connectivity index (χ3n) is 5.84.